The van der Waals surface area contributed by atoms with E-state index in [1.807, 2.05) is 30.3 Å². The molecule has 1 fully saturated rings. The fourth-order valence-electron chi connectivity index (χ4n) is 6.34. The van der Waals surface area contributed by atoms with Gasteiger partial charge in [0.2, 0.25) is 5.88 Å². The Labute approximate surface area is 290 Å². The Morgan fingerprint density at radius 2 is 1.94 bits per heavy atom. The maximum absolute atomic E-state index is 14.2. The van der Waals surface area contributed by atoms with Crippen LogP contribution in [0.15, 0.2) is 83.7 Å². The Morgan fingerprint density at radius 3 is 2.74 bits per heavy atom. The number of benzene rings is 3. The molecule has 1 amide bonds. The van der Waals surface area contributed by atoms with E-state index in [9.17, 15) is 14.0 Å². The zero-order valence-electron chi connectivity index (χ0n) is 26.9. The number of pyridine rings is 1. The van der Waals surface area contributed by atoms with Crippen LogP contribution in [0.2, 0.25) is 5.02 Å². The normalized spacial score (nSPS) is 16.4. The summed E-state index contributed by atoms with van der Waals surface area (Å²) in [5.74, 6) is 0.674. The van der Waals surface area contributed by atoms with Crippen molar-refractivity contribution >= 4 is 50.8 Å². The second kappa shape index (κ2) is 13.5. The summed E-state index contributed by atoms with van der Waals surface area (Å²) < 4.78 is 28.0. The van der Waals surface area contributed by atoms with E-state index in [0.29, 0.717) is 51.8 Å². The summed E-state index contributed by atoms with van der Waals surface area (Å²) >= 11 is 5.87. The average molecular weight is 694 g/mol. The lowest BCUT2D eigenvalue weighted by Gasteiger charge is -2.29. The fourth-order valence-corrected chi connectivity index (χ4v) is 6.49. The number of hydrogen-bond acceptors (Lipinski definition) is 7. The molecule has 0 saturated carbocycles. The molecule has 6 aromatic rings. The van der Waals surface area contributed by atoms with Gasteiger partial charge in [0.15, 0.2) is 0 Å². The zero-order valence-corrected chi connectivity index (χ0v) is 27.7. The van der Waals surface area contributed by atoms with Crippen molar-refractivity contribution in [3.63, 3.8) is 0 Å². The van der Waals surface area contributed by atoms with Crippen LogP contribution in [0, 0.1) is 5.82 Å². The van der Waals surface area contributed by atoms with Crippen molar-refractivity contribution in [2.75, 3.05) is 25.0 Å². The topological polar surface area (TPSA) is 130 Å². The molecule has 8 rings (SSSR count). The third-order valence-electron chi connectivity index (χ3n) is 9.14. The van der Waals surface area contributed by atoms with E-state index in [1.54, 1.807) is 36.4 Å². The number of amides is 1. The molecular weight excluding hydrogens is 661 g/mol. The van der Waals surface area contributed by atoms with Crippen molar-refractivity contribution < 1.29 is 18.7 Å². The molecule has 254 valence electrons. The highest BCUT2D eigenvalue weighted by Gasteiger charge is 2.24. The van der Waals surface area contributed by atoms with Crippen LogP contribution in [0.25, 0.3) is 27.6 Å². The number of nitrogens with zero attached hydrogens (tertiary/aromatic N) is 4. The van der Waals surface area contributed by atoms with E-state index in [1.165, 1.54) is 6.07 Å². The molecule has 50 heavy (non-hydrogen) atoms. The predicted molar refractivity (Wildman–Crippen MR) is 189 cm³/mol. The monoisotopic (exact) mass is 693 g/mol. The second-order valence-electron chi connectivity index (χ2n) is 12.5. The van der Waals surface area contributed by atoms with Crippen LogP contribution in [-0.2, 0) is 24.4 Å². The maximum Gasteiger partial charge on any atom is 0.323 e. The fraction of sp³-hybridized carbons (Fsp3) is 0.243. The van der Waals surface area contributed by atoms with Crippen LogP contribution >= 0.6 is 11.6 Å². The molecule has 0 bridgehead atoms. The van der Waals surface area contributed by atoms with Crippen molar-refractivity contribution in [1.82, 2.24) is 29.4 Å². The number of carbonyl (C=O) groups excluding carboxylic acids is 1. The van der Waals surface area contributed by atoms with Crippen LogP contribution < -0.4 is 15.7 Å². The number of halogens is 2. The minimum absolute atomic E-state index is 0.0560. The lowest BCUT2D eigenvalue weighted by molar-refractivity contribution is -0.0591. The molecule has 2 aliphatic rings. The van der Waals surface area contributed by atoms with Gasteiger partial charge in [0.05, 0.1) is 47.0 Å². The molecule has 11 nitrogen and oxygen atoms in total. The first-order valence-electron chi connectivity index (χ1n) is 16.4. The molecule has 5 heterocycles. The molecule has 0 unspecified atom stereocenters. The quantitative estimate of drug-likeness (QED) is 0.154. The molecule has 2 aliphatic heterocycles. The number of fused-ring (bicyclic) bond motifs is 2. The van der Waals surface area contributed by atoms with Crippen molar-refractivity contribution in [2.24, 2.45) is 0 Å². The first-order valence-corrected chi connectivity index (χ1v) is 16.8. The molecule has 0 radical (unpaired) electrons. The minimum Gasteiger partial charge on any atom is -0.473 e. The third-order valence-corrected chi connectivity index (χ3v) is 9.38. The second-order valence-corrected chi connectivity index (χ2v) is 13.0. The minimum atomic E-state index is -0.410. The Kier molecular flexibility index (Phi) is 8.65. The number of rotatable bonds is 10. The summed E-state index contributed by atoms with van der Waals surface area (Å²) in [5.41, 5.74) is 6.12. The van der Waals surface area contributed by atoms with Crippen molar-refractivity contribution in [3.05, 3.63) is 123 Å². The summed E-state index contributed by atoms with van der Waals surface area (Å²) in [6.45, 7) is 3.66. The van der Waals surface area contributed by atoms with Gasteiger partial charge in [0.25, 0.3) is 5.91 Å². The Bertz CT molecular complexity index is 2330. The van der Waals surface area contributed by atoms with E-state index < -0.39 is 5.82 Å². The van der Waals surface area contributed by atoms with Gasteiger partial charge >= 0.3 is 5.69 Å². The molecule has 0 spiro atoms. The van der Waals surface area contributed by atoms with Gasteiger partial charge < -0.3 is 29.3 Å². The summed E-state index contributed by atoms with van der Waals surface area (Å²) in [6.07, 6.45) is 4.08. The number of imidazole rings is 2. The maximum atomic E-state index is 14.2. The highest BCUT2D eigenvalue weighted by atomic mass is 35.5. The SMILES string of the molecule is O=C(Nc1ccc2nc(CN3CC=C(c4cccc(OCc5ccc(Cl)cc5F)n4)CC3)n(C[C@@H]3CCO3)c2c1)c1ccc2[nH]c(=O)[nH]c2c1. The summed E-state index contributed by atoms with van der Waals surface area (Å²) in [7, 11) is 0. The highest BCUT2D eigenvalue weighted by molar-refractivity contribution is 6.30. The summed E-state index contributed by atoms with van der Waals surface area (Å²) in [4.78, 5) is 42.2. The van der Waals surface area contributed by atoms with Crippen molar-refractivity contribution in [3.8, 4) is 5.88 Å². The lowest BCUT2D eigenvalue weighted by Crippen LogP contribution is -2.33. The van der Waals surface area contributed by atoms with E-state index in [2.05, 4.69) is 35.8 Å². The van der Waals surface area contributed by atoms with Gasteiger partial charge in [-0.3, -0.25) is 9.69 Å². The standard InChI is InChI=1S/C37H33ClFN7O4/c38-25-6-4-24(28(39)17-25)21-50-35-3-1-2-29(42-35)22-10-13-45(14-11-22)20-34-41-31-9-7-26(18-33(31)46(34)19-27-12-15-49-27)40-36(47)23-5-8-30-32(16-23)44-37(48)43-30/h1-10,16-18,27H,11-15,19-21H2,(H,40,47)(H2,43,44,48)/t27-/m0/s1. The molecule has 13 heteroatoms. The van der Waals surface area contributed by atoms with Crippen LogP contribution in [0.4, 0.5) is 10.1 Å². The van der Waals surface area contributed by atoms with E-state index in [4.69, 9.17) is 26.1 Å². The van der Waals surface area contributed by atoms with Gasteiger partial charge in [0, 0.05) is 47.6 Å². The number of nitrogens with one attached hydrogen (secondary N) is 3. The molecule has 3 aromatic heterocycles. The van der Waals surface area contributed by atoms with E-state index >= 15 is 0 Å². The van der Waals surface area contributed by atoms with Crippen LogP contribution in [-0.4, -0.2) is 61.1 Å². The summed E-state index contributed by atoms with van der Waals surface area (Å²) in [6, 6.07) is 20.9. The average Bonchev–Trinajstić information content (AvgIpc) is 3.64. The number of aromatic amines is 2. The van der Waals surface area contributed by atoms with E-state index in [0.717, 1.165) is 60.7 Å². The van der Waals surface area contributed by atoms with Gasteiger partial charge in [-0.15, -0.1) is 0 Å². The Balaban J connectivity index is 0.966. The molecule has 0 aliphatic carbocycles. The van der Waals surface area contributed by atoms with Gasteiger partial charge in [-0.2, -0.15) is 0 Å². The Morgan fingerprint density at radius 1 is 1.06 bits per heavy atom. The van der Waals surface area contributed by atoms with Gasteiger partial charge in [-0.25, -0.2) is 19.2 Å². The van der Waals surface area contributed by atoms with Crippen molar-refractivity contribution in [2.45, 2.75) is 38.6 Å². The van der Waals surface area contributed by atoms with Crippen LogP contribution in [0.5, 0.6) is 5.88 Å². The first kappa shape index (κ1) is 31.9. The molecule has 1 saturated heterocycles. The number of hydrogen-bond donors (Lipinski definition) is 3. The van der Waals surface area contributed by atoms with Crippen molar-refractivity contribution in [1.29, 1.82) is 0 Å². The number of carbonyl (C=O) groups is 1. The largest absolute Gasteiger partial charge is 0.473 e. The summed E-state index contributed by atoms with van der Waals surface area (Å²) in [5, 5.41) is 3.34. The van der Waals surface area contributed by atoms with Gasteiger partial charge in [0.1, 0.15) is 18.2 Å². The number of ether oxygens (including phenoxy) is 2. The van der Waals surface area contributed by atoms with Crippen LogP contribution in [0.3, 0.4) is 0 Å². The molecule has 1 atom stereocenters. The number of H-pyrrole nitrogens is 2. The smallest absolute Gasteiger partial charge is 0.323 e. The highest BCUT2D eigenvalue weighted by Crippen LogP contribution is 2.28. The molecular formula is C37H33ClFN7O4. The van der Waals surface area contributed by atoms with E-state index in [-0.39, 0.29) is 24.3 Å². The first-order chi connectivity index (χ1) is 24.3. The third kappa shape index (κ3) is 6.77. The number of aromatic nitrogens is 5. The Hall–Kier alpha value is -5.30. The van der Waals surface area contributed by atoms with Gasteiger partial charge in [-0.1, -0.05) is 29.8 Å². The zero-order chi connectivity index (χ0) is 34.2. The van der Waals surface area contributed by atoms with Gasteiger partial charge in [-0.05, 0) is 73.0 Å². The van der Waals surface area contributed by atoms with Crippen LogP contribution in [0.1, 0.15) is 40.3 Å². The molecule has 3 aromatic carbocycles. The predicted octanol–water partition coefficient (Wildman–Crippen LogP) is 6.30. The molecule has 3 N–H and O–H groups in total. The lowest BCUT2D eigenvalue weighted by atomic mass is 10.0. The number of anilines is 1.